The van der Waals surface area contributed by atoms with Crippen molar-refractivity contribution in [1.29, 1.82) is 0 Å². The molecule has 2 aromatic rings. The summed E-state index contributed by atoms with van der Waals surface area (Å²) < 4.78 is 13.3. The molecule has 1 saturated carbocycles. The van der Waals surface area contributed by atoms with Gasteiger partial charge in [-0.1, -0.05) is 23.9 Å². The Balaban J connectivity index is 1.10. The first-order valence-electron chi connectivity index (χ1n) is 10.0. The molecule has 0 unspecified atom stereocenters. The molecule has 2 amide bonds. The van der Waals surface area contributed by atoms with E-state index in [1.807, 2.05) is 18.2 Å². The number of tetrazole rings is 1. The summed E-state index contributed by atoms with van der Waals surface area (Å²) >= 11 is 1.37. The molecule has 158 valence electrons. The van der Waals surface area contributed by atoms with Crippen molar-refractivity contribution in [3.8, 4) is 11.5 Å². The summed E-state index contributed by atoms with van der Waals surface area (Å²) in [4.78, 5) is 28.9. The highest BCUT2D eigenvalue weighted by Crippen LogP contribution is 2.36. The van der Waals surface area contributed by atoms with Crippen LogP contribution >= 0.6 is 11.8 Å². The number of thioether (sulfide) groups is 1. The van der Waals surface area contributed by atoms with Gasteiger partial charge < -0.3 is 19.3 Å². The predicted octanol–water partition coefficient (Wildman–Crippen LogP) is 0.611. The molecule has 3 aliphatic rings. The maximum Gasteiger partial charge on any atom is 0.267 e. The minimum Gasteiger partial charge on any atom is -0.485 e. The highest BCUT2D eigenvalue weighted by molar-refractivity contribution is 7.99. The van der Waals surface area contributed by atoms with Crippen LogP contribution in [0, 0.1) is 0 Å². The molecule has 5 rings (SSSR count). The second kappa shape index (κ2) is 8.13. The monoisotopic (exact) mass is 430 g/mol. The second-order valence-corrected chi connectivity index (χ2v) is 8.44. The van der Waals surface area contributed by atoms with Gasteiger partial charge in [0.15, 0.2) is 11.5 Å². The lowest BCUT2D eigenvalue weighted by atomic mass is 10.2. The fraction of sp³-hybridized carbons (Fsp3) is 0.526. The molecule has 2 fully saturated rings. The zero-order valence-electron chi connectivity index (χ0n) is 16.3. The molecule has 10 nitrogen and oxygen atoms in total. The number of ether oxygens (including phenoxy) is 2. The number of piperazine rings is 1. The average molecular weight is 430 g/mol. The molecule has 11 heteroatoms. The van der Waals surface area contributed by atoms with Gasteiger partial charge in [0.05, 0.1) is 11.8 Å². The van der Waals surface area contributed by atoms with E-state index in [1.54, 1.807) is 20.5 Å². The number of benzene rings is 1. The maximum atomic E-state index is 12.8. The third-order valence-corrected chi connectivity index (χ3v) is 6.33. The average Bonchev–Trinajstić information content (AvgIpc) is 3.54. The van der Waals surface area contributed by atoms with Crippen LogP contribution in [0.5, 0.6) is 11.5 Å². The van der Waals surface area contributed by atoms with Crippen molar-refractivity contribution in [3.05, 3.63) is 24.3 Å². The smallest absolute Gasteiger partial charge is 0.267 e. The number of rotatable bonds is 5. The van der Waals surface area contributed by atoms with Crippen LogP contribution in [-0.2, 0) is 9.59 Å². The van der Waals surface area contributed by atoms with E-state index in [0.717, 1.165) is 12.8 Å². The number of fused-ring (bicyclic) bond motifs is 1. The summed E-state index contributed by atoms with van der Waals surface area (Å²) in [6, 6.07) is 7.71. The summed E-state index contributed by atoms with van der Waals surface area (Å²) in [6.45, 7) is 2.17. The van der Waals surface area contributed by atoms with Crippen LogP contribution in [0.3, 0.4) is 0 Å². The normalized spacial score (nSPS) is 20.9. The Morgan fingerprint density at radius 3 is 2.57 bits per heavy atom. The minimum atomic E-state index is -0.654. The SMILES string of the molecule is O=C(CSc1nnnn1C1CC1)N1CCN(C(=O)[C@H]2COc3ccccc3O2)CC1. The van der Waals surface area contributed by atoms with E-state index in [9.17, 15) is 9.59 Å². The van der Waals surface area contributed by atoms with E-state index >= 15 is 0 Å². The van der Waals surface area contributed by atoms with Crippen LogP contribution < -0.4 is 9.47 Å². The van der Waals surface area contributed by atoms with E-state index in [-0.39, 0.29) is 24.2 Å². The van der Waals surface area contributed by atoms with E-state index in [4.69, 9.17) is 9.47 Å². The molecule has 1 atom stereocenters. The van der Waals surface area contributed by atoms with Gasteiger partial charge in [-0.2, -0.15) is 0 Å². The molecule has 0 bridgehead atoms. The van der Waals surface area contributed by atoms with Crippen molar-refractivity contribution >= 4 is 23.6 Å². The fourth-order valence-electron chi connectivity index (χ4n) is 3.57. The van der Waals surface area contributed by atoms with Crippen LogP contribution in [0.1, 0.15) is 18.9 Å². The van der Waals surface area contributed by atoms with E-state index in [0.29, 0.717) is 48.9 Å². The van der Waals surface area contributed by atoms with Gasteiger partial charge in [-0.25, -0.2) is 4.68 Å². The fourth-order valence-corrected chi connectivity index (χ4v) is 4.41. The first kappa shape index (κ1) is 19.2. The summed E-state index contributed by atoms with van der Waals surface area (Å²) in [5.74, 6) is 1.46. The van der Waals surface area contributed by atoms with Gasteiger partial charge in [0.25, 0.3) is 5.91 Å². The first-order chi connectivity index (χ1) is 14.7. The molecule has 1 saturated heterocycles. The quantitative estimate of drug-likeness (QED) is 0.636. The Morgan fingerprint density at radius 1 is 1.07 bits per heavy atom. The summed E-state index contributed by atoms with van der Waals surface area (Å²) in [6.07, 6.45) is 1.52. The molecule has 30 heavy (non-hydrogen) atoms. The summed E-state index contributed by atoms with van der Waals surface area (Å²) in [5.41, 5.74) is 0. The predicted molar refractivity (Wildman–Crippen MR) is 106 cm³/mol. The number of hydrogen-bond acceptors (Lipinski definition) is 8. The number of aromatic nitrogens is 4. The van der Waals surface area contributed by atoms with Crippen molar-refractivity contribution < 1.29 is 19.1 Å². The van der Waals surface area contributed by atoms with Crippen molar-refractivity contribution in [2.45, 2.75) is 30.1 Å². The Morgan fingerprint density at radius 2 is 1.80 bits per heavy atom. The zero-order valence-corrected chi connectivity index (χ0v) is 17.2. The minimum absolute atomic E-state index is 0.0311. The Bertz CT molecular complexity index is 941. The van der Waals surface area contributed by atoms with Gasteiger partial charge in [0.2, 0.25) is 17.2 Å². The van der Waals surface area contributed by atoms with Crippen LogP contribution in [0.2, 0.25) is 0 Å². The lowest BCUT2D eigenvalue weighted by molar-refractivity contribution is -0.145. The molecular weight excluding hydrogens is 408 g/mol. The summed E-state index contributed by atoms with van der Waals surface area (Å²) in [7, 11) is 0. The Labute approximate surface area is 177 Å². The van der Waals surface area contributed by atoms with E-state index in [1.165, 1.54) is 11.8 Å². The van der Waals surface area contributed by atoms with Gasteiger partial charge in [0.1, 0.15) is 6.61 Å². The number of carbonyl (C=O) groups is 2. The topological polar surface area (TPSA) is 103 Å². The van der Waals surface area contributed by atoms with Gasteiger partial charge in [-0.15, -0.1) is 5.10 Å². The lowest BCUT2D eigenvalue weighted by Crippen LogP contribution is -2.55. The third-order valence-electron chi connectivity index (χ3n) is 5.41. The lowest BCUT2D eigenvalue weighted by Gasteiger charge is -2.37. The molecule has 1 aromatic heterocycles. The van der Waals surface area contributed by atoms with E-state index in [2.05, 4.69) is 15.5 Å². The number of para-hydroxylation sites is 2. The van der Waals surface area contributed by atoms with Crippen LogP contribution in [0.4, 0.5) is 0 Å². The number of hydrogen-bond donors (Lipinski definition) is 0. The molecule has 1 aromatic carbocycles. The molecule has 1 aliphatic carbocycles. The standard InChI is InChI=1S/C19H22N6O4S/c26-17(12-30-19-20-21-22-25(19)13-5-6-13)23-7-9-24(10-8-23)18(27)16-11-28-14-3-1-2-4-15(14)29-16/h1-4,13,16H,5-12H2/t16-/m1/s1. The number of carbonyl (C=O) groups excluding carboxylic acids is 2. The first-order valence-corrected chi connectivity index (χ1v) is 11.0. The van der Waals surface area contributed by atoms with E-state index < -0.39 is 6.10 Å². The molecule has 0 radical (unpaired) electrons. The second-order valence-electron chi connectivity index (χ2n) is 7.50. The third kappa shape index (κ3) is 3.93. The number of amides is 2. The van der Waals surface area contributed by atoms with Gasteiger partial charge in [-0.05, 0) is 35.4 Å². The molecule has 3 heterocycles. The van der Waals surface area contributed by atoms with Gasteiger partial charge in [0, 0.05) is 26.2 Å². The van der Waals surface area contributed by atoms with Gasteiger partial charge in [-0.3, -0.25) is 9.59 Å². The van der Waals surface area contributed by atoms with Crippen LogP contribution in [0.15, 0.2) is 29.4 Å². The summed E-state index contributed by atoms with van der Waals surface area (Å²) in [5, 5.41) is 12.4. The van der Waals surface area contributed by atoms with Crippen molar-refractivity contribution in [1.82, 2.24) is 30.0 Å². The van der Waals surface area contributed by atoms with Crippen LogP contribution in [0.25, 0.3) is 0 Å². The van der Waals surface area contributed by atoms with Gasteiger partial charge >= 0.3 is 0 Å². The molecule has 0 spiro atoms. The Kier molecular flexibility index (Phi) is 5.19. The number of nitrogens with zero attached hydrogens (tertiary/aromatic N) is 6. The highest BCUT2D eigenvalue weighted by atomic mass is 32.2. The zero-order chi connectivity index (χ0) is 20.5. The van der Waals surface area contributed by atoms with Crippen molar-refractivity contribution in [2.75, 3.05) is 38.5 Å². The molecule has 0 N–H and O–H groups in total. The Hall–Kier alpha value is -2.82. The highest BCUT2D eigenvalue weighted by Gasteiger charge is 2.33. The molecular formula is C19H22N6O4S. The largest absolute Gasteiger partial charge is 0.485 e. The molecule has 2 aliphatic heterocycles. The maximum absolute atomic E-state index is 12.8. The van der Waals surface area contributed by atoms with Crippen molar-refractivity contribution in [2.24, 2.45) is 0 Å². The van der Waals surface area contributed by atoms with Crippen LogP contribution in [-0.4, -0.2) is 86.5 Å². The van der Waals surface area contributed by atoms with Crippen molar-refractivity contribution in [3.63, 3.8) is 0 Å².